The van der Waals surface area contributed by atoms with Crippen LogP contribution in [-0.4, -0.2) is 16.5 Å². The van der Waals surface area contributed by atoms with Gasteiger partial charge in [0.25, 0.3) is 6.43 Å². The maximum Gasteiger partial charge on any atom is 0.297 e. The van der Waals surface area contributed by atoms with Gasteiger partial charge in [-0.25, -0.2) is 18.7 Å². The number of nitrogens with zero attached hydrogens (tertiary/aromatic N) is 2. The van der Waals surface area contributed by atoms with E-state index in [1.54, 1.807) is 12.1 Å². The number of anilines is 1. The Hall–Kier alpha value is -1.78. The molecule has 0 bridgehead atoms. The molecule has 0 aliphatic carbocycles. The van der Waals surface area contributed by atoms with Crippen molar-refractivity contribution >= 4 is 16.7 Å². The van der Waals surface area contributed by atoms with Crippen molar-refractivity contribution in [2.24, 2.45) is 0 Å². The number of nitrogens with one attached hydrogen (secondary N) is 1. The van der Waals surface area contributed by atoms with Gasteiger partial charge in [0.15, 0.2) is 5.82 Å². The molecule has 1 heterocycles. The van der Waals surface area contributed by atoms with Crippen molar-refractivity contribution in [1.29, 1.82) is 0 Å². The van der Waals surface area contributed by atoms with Crippen LogP contribution >= 0.6 is 0 Å². The zero-order valence-corrected chi connectivity index (χ0v) is 10.9. The summed E-state index contributed by atoms with van der Waals surface area (Å²) in [5.41, 5.74) is 0.547. The minimum atomic E-state index is -2.65. The van der Waals surface area contributed by atoms with Crippen molar-refractivity contribution in [3.8, 4) is 0 Å². The standard InChI is InChI=1S/C14H17F2N3/c1-2-3-6-9-17-13-10-7-4-5-8-11(10)18-14(19-13)12(15)16/h4-5,7-8,12H,2-3,6,9H2,1H3,(H,17,18,19). The Labute approximate surface area is 111 Å². The molecule has 2 aromatic rings. The lowest BCUT2D eigenvalue weighted by atomic mass is 10.2. The molecule has 0 aliphatic heterocycles. The van der Waals surface area contributed by atoms with Crippen LogP contribution in [0.4, 0.5) is 14.6 Å². The summed E-state index contributed by atoms with van der Waals surface area (Å²) in [4.78, 5) is 7.80. The summed E-state index contributed by atoms with van der Waals surface area (Å²) in [7, 11) is 0. The molecule has 0 spiro atoms. The van der Waals surface area contributed by atoms with Crippen LogP contribution in [0.5, 0.6) is 0 Å². The molecule has 1 aromatic heterocycles. The second kappa shape index (κ2) is 6.41. The zero-order chi connectivity index (χ0) is 13.7. The van der Waals surface area contributed by atoms with Gasteiger partial charge in [-0.15, -0.1) is 0 Å². The van der Waals surface area contributed by atoms with Gasteiger partial charge in [-0.05, 0) is 18.6 Å². The molecule has 0 fully saturated rings. The average molecular weight is 265 g/mol. The SMILES string of the molecule is CCCCCNc1nc(C(F)F)nc2ccccc12. The largest absolute Gasteiger partial charge is 0.369 e. The molecule has 2 rings (SSSR count). The lowest BCUT2D eigenvalue weighted by Gasteiger charge is -2.10. The van der Waals surface area contributed by atoms with Gasteiger partial charge < -0.3 is 5.32 Å². The monoisotopic (exact) mass is 265 g/mol. The number of alkyl halides is 2. The lowest BCUT2D eigenvalue weighted by molar-refractivity contribution is 0.141. The second-order valence-electron chi connectivity index (χ2n) is 4.38. The number of para-hydroxylation sites is 1. The molecule has 0 saturated heterocycles. The van der Waals surface area contributed by atoms with Crippen LogP contribution in [0.3, 0.4) is 0 Å². The van der Waals surface area contributed by atoms with E-state index in [0.717, 1.165) is 31.2 Å². The molecule has 102 valence electrons. The fourth-order valence-electron chi connectivity index (χ4n) is 1.91. The van der Waals surface area contributed by atoms with Gasteiger partial charge in [-0.3, -0.25) is 0 Å². The van der Waals surface area contributed by atoms with E-state index in [1.807, 2.05) is 12.1 Å². The third-order valence-electron chi connectivity index (χ3n) is 2.89. The van der Waals surface area contributed by atoms with Gasteiger partial charge >= 0.3 is 0 Å². The molecule has 5 heteroatoms. The van der Waals surface area contributed by atoms with E-state index in [2.05, 4.69) is 22.2 Å². The summed E-state index contributed by atoms with van der Waals surface area (Å²) in [5, 5.41) is 3.91. The van der Waals surface area contributed by atoms with E-state index in [9.17, 15) is 8.78 Å². The second-order valence-corrected chi connectivity index (χ2v) is 4.38. The van der Waals surface area contributed by atoms with Crippen molar-refractivity contribution in [3.05, 3.63) is 30.1 Å². The van der Waals surface area contributed by atoms with Gasteiger partial charge in [0.2, 0.25) is 0 Å². The molecule has 0 saturated carbocycles. The van der Waals surface area contributed by atoms with Crippen molar-refractivity contribution < 1.29 is 8.78 Å². The highest BCUT2D eigenvalue weighted by atomic mass is 19.3. The highest BCUT2D eigenvalue weighted by Gasteiger charge is 2.14. The minimum absolute atomic E-state index is 0.420. The Bertz CT molecular complexity index is 543. The van der Waals surface area contributed by atoms with Gasteiger partial charge in [0, 0.05) is 11.9 Å². The number of hydrogen-bond donors (Lipinski definition) is 1. The zero-order valence-electron chi connectivity index (χ0n) is 10.9. The Morgan fingerprint density at radius 1 is 1.16 bits per heavy atom. The van der Waals surface area contributed by atoms with E-state index in [1.165, 1.54) is 0 Å². The Morgan fingerprint density at radius 2 is 1.95 bits per heavy atom. The highest BCUT2D eigenvalue weighted by Crippen LogP contribution is 2.24. The average Bonchev–Trinajstić information content (AvgIpc) is 2.43. The topological polar surface area (TPSA) is 37.8 Å². The van der Waals surface area contributed by atoms with Gasteiger partial charge in [-0.2, -0.15) is 0 Å². The molecular weight excluding hydrogens is 248 g/mol. The maximum atomic E-state index is 12.8. The number of hydrogen-bond acceptors (Lipinski definition) is 3. The summed E-state index contributed by atoms with van der Waals surface area (Å²) in [6, 6.07) is 7.20. The van der Waals surface area contributed by atoms with Crippen LogP contribution in [0, 0.1) is 0 Å². The summed E-state index contributed by atoms with van der Waals surface area (Å²) >= 11 is 0. The smallest absolute Gasteiger partial charge is 0.297 e. The van der Waals surface area contributed by atoms with E-state index in [4.69, 9.17) is 0 Å². The minimum Gasteiger partial charge on any atom is -0.369 e. The van der Waals surface area contributed by atoms with E-state index < -0.39 is 12.2 Å². The predicted molar refractivity (Wildman–Crippen MR) is 72.5 cm³/mol. The Balaban J connectivity index is 2.28. The quantitative estimate of drug-likeness (QED) is 0.796. The first-order valence-electron chi connectivity index (χ1n) is 6.51. The van der Waals surface area contributed by atoms with Crippen LogP contribution < -0.4 is 5.32 Å². The molecule has 0 amide bonds. The number of rotatable bonds is 6. The molecule has 0 atom stereocenters. The first kappa shape index (κ1) is 13.6. The van der Waals surface area contributed by atoms with Gasteiger partial charge in [0.05, 0.1) is 5.52 Å². The van der Waals surface area contributed by atoms with Crippen LogP contribution in [0.25, 0.3) is 10.9 Å². The molecule has 1 aromatic carbocycles. The van der Waals surface area contributed by atoms with Gasteiger partial charge in [0.1, 0.15) is 5.82 Å². The predicted octanol–water partition coefficient (Wildman–Crippen LogP) is 4.17. The van der Waals surface area contributed by atoms with Crippen LogP contribution in [0.2, 0.25) is 0 Å². The number of benzene rings is 1. The van der Waals surface area contributed by atoms with Crippen LogP contribution in [0.1, 0.15) is 38.4 Å². The molecule has 3 nitrogen and oxygen atoms in total. The Morgan fingerprint density at radius 3 is 2.68 bits per heavy atom. The number of fused-ring (bicyclic) bond motifs is 1. The van der Waals surface area contributed by atoms with Crippen molar-refractivity contribution in [1.82, 2.24) is 9.97 Å². The third kappa shape index (κ3) is 3.36. The van der Waals surface area contributed by atoms with Crippen LogP contribution in [0.15, 0.2) is 24.3 Å². The molecular formula is C14H17F2N3. The molecule has 0 aliphatic rings. The normalized spacial score (nSPS) is 11.2. The summed E-state index contributed by atoms with van der Waals surface area (Å²) in [6.07, 6.45) is 0.575. The van der Waals surface area contributed by atoms with E-state index in [0.29, 0.717) is 11.3 Å². The fourth-order valence-corrected chi connectivity index (χ4v) is 1.91. The first-order chi connectivity index (χ1) is 9.22. The van der Waals surface area contributed by atoms with Crippen molar-refractivity contribution in [3.63, 3.8) is 0 Å². The summed E-state index contributed by atoms with van der Waals surface area (Å²) < 4.78 is 25.5. The lowest BCUT2D eigenvalue weighted by Crippen LogP contribution is -2.07. The fraction of sp³-hybridized carbons (Fsp3) is 0.429. The van der Waals surface area contributed by atoms with E-state index in [-0.39, 0.29) is 0 Å². The number of unbranched alkanes of at least 4 members (excludes halogenated alkanes) is 2. The van der Waals surface area contributed by atoms with Crippen LogP contribution in [-0.2, 0) is 0 Å². The third-order valence-corrected chi connectivity index (χ3v) is 2.89. The molecule has 1 N–H and O–H groups in total. The van der Waals surface area contributed by atoms with Crippen molar-refractivity contribution in [2.75, 3.05) is 11.9 Å². The van der Waals surface area contributed by atoms with Gasteiger partial charge in [-0.1, -0.05) is 31.9 Å². The molecule has 0 radical (unpaired) electrons. The maximum absolute atomic E-state index is 12.8. The number of halogens is 2. The molecule has 0 unspecified atom stereocenters. The van der Waals surface area contributed by atoms with Crippen molar-refractivity contribution in [2.45, 2.75) is 32.6 Å². The first-order valence-corrected chi connectivity index (χ1v) is 6.51. The summed E-state index contributed by atoms with van der Waals surface area (Å²) in [6.45, 7) is 2.85. The highest BCUT2D eigenvalue weighted by molar-refractivity contribution is 5.88. The Kier molecular flexibility index (Phi) is 4.60. The number of aromatic nitrogens is 2. The van der Waals surface area contributed by atoms with E-state index >= 15 is 0 Å². The summed E-state index contributed by atoms with van der Waals surface area (Å²) in [5.74, 6) is 0.0775. The molecule has 19 heavy (non-hydrogen) atoms.